The van der Waals surface area contributed by atoms with Crippen LogP contribution in [0.5, 0.6) is 5.75 Å². The minimum atomic E-state index is 0.525. The highest BCUT2D eigenvalue weighted by molar-refractivity contribution is 7.18. The largest absolute Gasteiger partial charge is 0.494 e. The number of hydrogen-bond donors (Lipinski definition) is 0. The maximum Gasteiger partial charge on any atom is 0.252 e. The molecule has 3 rings (SSSR count). The standard InChI is InChI=1S/C23H29N5OS/c1-2-3-4-5-6-7-8-9-18-29-21-12-10-20(11-13-21)25-27-23-28-26-22(30-23)19-14-16-24-17-15-19/h10-17H,2-9,18H2,1H3. The van der Waals surface area contributed by atoms with Crippen LogP contribution in [0.2, 0.25) is 0 Å². The quantitative estimate of drug-likeness (QED) is 0.210. The van der Waals surface area contributed by atoms with Crippen molar-refractivity contribution in [1.29, 1.82) is 0 Å². The van der Waals surface area contributed by atoms with Crippen molar-refractivity contribution < 1.29 is 4.74 Å². The van der Waals surface area contributed by atoms with E-state index >= 15 is 0 Å². The Morgan fingerprint density at radius 3 is 2.23 bits per heavy atom. The summed E-state index contributed by atoms with van der Waals surface area (Å²) in [5.74, 6) is 0.868. The predicted molar refractivity (Wildman–Crippen MR) is 122 cm³/mol. The SMILES string of the molecule is CCCCCCCCCCOc1ccc(N=Nc2nnc(-c3ccncc3)s2)cc1. The van der Waals surface area contributed by atoms with Crippen LogP contribution in [0, 0.1) is 0 Å². The zero-order valence-electron chi connectivity index (χ0n) is 17.5. The summed E-state index contributed by atoms with van der Waals surface area (Å²) in [5, 5.41) is 18.0. The number of nitrogens with zero attached hydrogens (tertiary/aromatic N) is 5. The van der Waals surface area contributed by atoms with E-state index in [4.69, 9.17) is 4.74 Å². The van der Waals surface area contributed by atoms with E-state index in [1.165, 1.54) is 56.3 Å². The highest BCUT2D eigenvalue weighted by atomic mass is 32.1. The molecule has 6 nitrogen and oxygen atoms in total. The van der Waals surface area contributed by atoms with E-state index in [1.54, 1.807) is 12.4 Å². The second kappa shape index (κ2) is 12.8. The first-order valence-electron chi connectivity index (χ1n) is 10.7. The summed E-state index contributed by atoms with van der Waals surface area (Å²) in [6.07, 6.45) is 13.9. The molecule has 0 saturated carbocycles. The number of rotatable bonds is 13. The van der Waals surface area contributed by atoms with Gasteiger partial charge in [-0.15, -0.1) is 20.4 Å². The fourth-order valence-corrected chi connectivity index (χ4v) is 3.67. The average molecular weight is 424 g/mol. The number of ether oxygens (including phenoxy) is 1. The van der Waals surface area contributed by atoms with E-state index in [0.717, 1.165) is 35.0 Å². The Morgan fingerprint density at radius 1 is 0.800 bits per heavy atom. The van der Waals surface area contributed by atoms with Gasteiger partial charge in [0.1, 0.15) is 10.8 Å². The van der Waals surface area contributed by atoms with Gasteiger partial charge >= 0.3 is 0 Å². The summed E-state index contributed by atoms with van der Waals surface area (Å²) in [4.78, 5) is 4.01. The van der Waals surface area contributed by atoms with Crippen LogP contribution in [0.3, 0.4) is 0 Å². The van der Waals surface area contributed by atoms with Gasteiger partial charge in [-0.1, -0.05) is 63.2 Å². The molecule has 0 radical (unpaired) electrons. The van der Waals surface area contributed by atoms with Crippen molar-refractivity contribution >= 4 is 22.2 Å². The second-order valence-electron chi connectivity index (χ2n) is 7.14. The number of hydrogen-bond acceptors (Lipinski definition) is 7. The number of benzene rings is 1. The van der Waals surface area contributed by atoms with Gasteiger partial charge in [-0.2, -0.15) is 0 Å². The van der Waals surface area contributed by atoms with Crippen molar-refractivity contribution in [3.63, 3.8) is 0 Å². The molecule has 158 valence electrons. The van der Waals surface area contributed by atoms with Gasteiger partial charge in [0, 0.05) is 18.0 Å². The lowest BCUT2D eigenvalue weighted by atomic mass is 10.1. The van der Waals surface area contributed by atoms with Crippen LogP contribution in [0.15, 0.2) is 59.0 Å². The normalized spacial score (nSPS) is 11.2. The average Bonchev–Trinajstić information content (AvgIpc) is 3.27. The highest BCUT2D eigenvalue weighted by Crippen LogP contribution is 2.29. The molecule has 2 aromatic heterocycles. The molecule has 0 fully saturated rings. The molecule has 3 aromatic rings. The van der Waals surface area contributed by atoms with Crippen molar-refractivity contribution in [1.82, 2.24) is 15.2 Å². The Hall–Kier alpha value is -2.67. The summed E-state index contributed by atoms with van der Waals surface area (Å²) in [7, 11) is 0. The van der Waals surface area contributed by atoms with E-state index in [-0.39, 0.29) is 0 Å². The van der Waals surface area contributed by atoms with Crippen molar-refractivity contribution in [2.75, 3.05) is 6.61 Å². The molecule has 0 bridgehead atoms. The lowest BCUT2D eigenvalue weighted by Gasteiger charge is -2.06. The first kappa shape index (κ1) is 22.0. The van der Waals surface area contributed by atoms with Crippen LogP contribution < -0.4 is 4.74 Å². The molecule has 0 N–H and O–H groups in total. The van der Waals surface area contributed by atoms with Gasteiger partial charge in [0.2, 0.25) is 0 Å². The van der Waals surface area contributed by atoms with Gasteiger partial charge in [-0.05, 0) is 42.8 Å². The van der Waals surface area contributed by atoms with Crippen molar-refractivity contribution in [3.8, 4) is 16.3 Å². The first-order chi connectivity index (χ1) is 14.8. The Balaban J connectivity index is 1.37. The lowest BCUT2D eigenvalue weighted by Crippen LogP contribution is -1.96. The molecule has 0 aliphatic rings. The predicted octanol–water partition coefficient (Wildman–Crippen LogP) is 7.54. The number of pyridine rings is 1. The Kier molecular flexibility index (Phi) is 9.40. The van der Waals surface area contributed by atoms with Gasteiger partial charge in [-0.3, -0.25) is 4.98 Å². The zero-order valence-corrected chi connectivity index (χ0v) is 18.4. The van der Waals surface area contributed by atoms with Crippen LogP contribution in [0.4, 0.5) is 10.8 Å². The molecular formula is C23H29N5OS. The number of aromatic nitrogens is 3. The minimum Gasteiger partial charge on any atom is -0.494 e. The summed E-state index contributed by atoms with van der Waals surface area (Å²) in [6, 6.07) is 11.5. The van der Waals surface area contributed by atoms with Gasteiger partial charge < -0.3 is 4.74 Å². The topological polar surface area (TPSA) is 72.6 Å². The van der Waals surface area contributed by atoms with Crippen LogP contribution in [0.1, 0.15) is 58.3 Å². The van der Waals surface area contributed by atoms with E-state index in [1.807, 2.05) is 36.4 Å². The molecule has 0 atom stereocenters. The Bertz CT molecular complexity index is 880. The van der Waals surface area contributed by atoms with Crippen molar-refractivity contribution in [2.45, 2.75) is 58.3 Å². The third-order valence-corrected chi connectivity index (χ3v) is 5.55. The molecule has 0 aliphatic carbocycles. The van der Waals surface area contributed by atoms with E-state index in [2.05, 4.69) is 32.3 Å². The van der Waals surface area contributed by atoms with E-state index in [0.29, 0.717) is 5.13 Å². The maximum absolute atomic E-state index is 5.82. The molecule has 0 spiro atoms. The Morgan fingerprint density at radius 2 is 1.50 bits per heavy atom. The molecule has 30 heavy (non-hydrogen) atoms. The van der Waals surface area contributed by atoms with Crippen LogP contribution in [-0.2, 0) is 0 Å². The molecular weight excluding hydrogens is 394 g/mol. The molecule has 0 amide bonds. The number of unbranched alkanes of at least 4 members (excludes halogenated alkanes) is 7. The molecule has 2 heterocycles. The fraction of sp³-hybridized carbons (Fsp3) is 0.435. The van der Waals surface area contributed by atoms with Gasteiger partial charge in [0.25, 0.3) is 5.13 Å². The third-order valence-electron chi connectivity index (χ3n) is 4.70. The minimum absolute atomic E-state index is 0.525. The molecule has 1 aromatic carbocycles. The molecule has 0 unspecified atom stereocenters. The summed E-state index contributed by atoms with van der Waals surface area (Å²) in [5.41, 5.74) is 1.73. The summed E-state index contributed by atoms with van der Waals surface area (Å²) < 4.78 is 5.82. The van der Waals surface area contributed by atoms with Crippen LogP contribution in [0.25, 0.3) is 10.6 Å². The van der Waals surface area contributed by atoms with E-state index in [9.17, 15) is 0 Å². The molecule has 0 saturated heterocycles. The first-order valence-corrected chi connectivity index (χ1v) is 11.6. The fourth-order valence-electron chi connectivity index (χ4n) is 3.00. The van der Waals surface area contributed by atoms with Crippen LogP contribution in [-0.4, -0.2) is 21.8 Å². The smallest absolute Gasteiger partial charge is 0.252 e. The monoisotopic (exact) mass is 423 g/mol. The summed E-state index contributed by atoms with van der Waals surface area (Å²) >= 11 is 1.40. The van der Waals surface area contributed by atoms with Gasteiger partial charge in [0.15, 0.2) is 0 Å². The van der Waals surface area contributed by atoms with Crippen molar-refractivity contribution in [3.05, 3.63) is 48.8 Å². The number of azo groups is 1. The van der Waals surface area contributed by atoms with Gasteiger partial charge in [-0.25, -0.2) is 0 Å². The Labute approximate surface area is 182 Å². The molecule has 7 heteroatoms. The lowest BCUT2D eigenvalue weighted by molar-refractivity contribution is 0.304. The van der Waals surface area contributed by atoms with Crippen LogP contribution >= 0.6 is 11.3 Å². The van der Waals surface area contributed by atoms with Gasteiger partial charge in [0.05, 0.1) is 12.3 Å². The molecule has 0 aliphatic heterocycles. The van der Waals surface area contributed by atoms with Crippen molar-refractivity contribution in [2.24, 2.45) is 10.2 Å². The third kappa shape index (κ3) is 7.63. The summed E-state index contributed by atoms with van der Waals surface area (Å²) in [6.45, 7) is 3.02. The van der Waals surface area contributed by atoms with E-state index < -0.39 is 0 Å². The zero-order chi connectivity index (χ0) is 20.9. The second-order valence-corrected chi connectivity index (χ2v) is 8.10. The highest BCUT2D eigenvalue weighted by Gasteiger charge is 2.05. The maximum atomic E-state index is 5.82.